The molecule has 0 saturated carbocycles. The molecule has 1 atom stereocenters. The molecule has 4 heterocycles. The maximum Gasteiger partial charge on any atom is 0.295 e. The highest BCUT2D eigenvalue weighted by Gasteiger charge is 2.46. The summed E-state index contributed by atoms with van der Waals surface area (Å²) in [6.45, 7) is 5.39. The van der Waals surface area contributed by atoms with E-state index in [9.17, 15) is 14.7 Å². The van der Waals surface area contributed by atoms with Crippen LogP contribution in [0.2, 0.25) is 0 Å². The molecule has 5 rings (SSSR count). The van der Waals surface area contributed by atoms with Crippen molar-refractivity contribution < 1.29 is 19.4 Å². The first kappa shape index (κ1) is 24.3. The SMILES string of the molecule is CCCOc1ccc(C2C(=C(O)c3c(C)nc4ccccn34)C(=O)C(=O)N2CCCn2ccnc2)cc1. The van der Waals surface area contributed by atoms with Crippen molar-refractivity contribution in [2.24, 2.45) is 0 Å². The van der Waals surface area contributed by atoms with Crippen LogP contribution >= 0.6 is 0 Å². The molecule has 3 aromatic heterocycles. The number of aliphatic hydroxyl groups excluding tert-OH is 1. The largest absolute Gasteiger partial charge is 0.505 e. The molecule has 9 nitrogen and oxygen atoms in total. The van der Waals surface area contributed by atoms with Crippen LogP contribution in [-0.2, 0) is 16.1 Å². The van der Waals surface area contributed by atoms with Crippen LogP contribution in [0.4, 0.5) is 0 Å². The lowest BCUT2D eigenvalue weighted by atomic mass is 9.96. The number of imidazole rings is 2. The van der Waals surface area contributed by atoms with Crippen molar-refractivity contribution in [2.75, 3.05) is 13.2 Å². The summed E-state index contributed by atoms with van der Waals surface area (Å²) >= 11 is 0. The number of aliphatic hydroxyl groups is 1. The van der Waals surface area contributed by atoms with Crippen LogP contribution in [0.15, 0.2) is 73.0 Å². The number of hydrogen-bond acceptors (Lipinski definition) is 6. The number of pyridine rings is 1. The zero-order chi connectivity index (χ0) is 25.9. The number of Topliss-reactive ketones (excluding diaryl/α,β-unsaturated/α-hetero) is 1. The molecular weight excluding hydrogens is 470 g/mol. The van der Waals surface area contributed by atoms with E-state index in [1.54, 1.807) is 34.9 Å². The molecule has 1 amide bonds. The topological polar surface area (TPSA) is 102 Å². The molecule has 9 heteroatoms. The van der Waals surface area contributed by atoms with Crippen molar-refractivity contribution in [3.63, 3.8) is 0 Å². The number of ketones is 1. The van der Waals surface area contributed by atoms with Crippen LogP contribution in [0.25, 0.3) is 11.4 Å². The van der Waals surface area contributed by atoms with E-state index < -0.39 is 17.7 Å². The van der Waals surface area contributed by atoms with Gasteiger partial charge in [0.15, 0.2) is 5.76 Å². The average Bonchev–Trinajstić information content (AvgIpc) is 3.60. The first-order valence-electron chi connectivity index (χ1n) is 12.4. The summed E-state index contributed by atoms with van der Waals surface area (Å²) in [4.78, 5) is 36.8. The van der Waals surface area contributed by atoms with Gasteiger partial charge in [-0.15, -0.1) is 0 Å². The summed E-state index contributed by atoms with van der Waals surface area (Å²) in [7, 11) is 0. The number of rotatable bonds is 9. The number of amides is 1. The summed E-state index contributed by atoms with van der Waals surface area (Å²) in [6, 6.07) is 12.1. The Morgan fingerprint density at radius 3 is 2.62 bits per heavy atom. The predicted octanol–water partition coefficient (Wildman–Crippen LogP) is 4.14. The monoisotopic (exact) mass is 499 g/mol. The van der Waals surface area contributed by atoms with Gasteiger partial charge in [-0.05, 0) is 49.6 Å². The number of aromatic nitrogens is 4. The molecule has 1 N–H and O–H groups in total. The van der Waals surface area contributed by atoms with Gasteiger partial charge in [0.2, 0.25) is 0 Å². The quantitative estimate of drug-likeness (QED) is 0.211. The van der Waals surface area contributed by atoms with E-state index in [4.69, 9.17) is 4.74 Å². The minimum absolute atomic E-state index is 0.0589. The van der Waals surface area contributed by atoms with Gasteiger partial charge < -0.3 is 19.3 Å². The number of fused-ring (bicyclic) bond motifs is 1. The fourth-order valence-corrected chi connectivity index (χ4v) is 4.79. The highest BCUT2D eigenvalue weighted by Crippen LogP contribution is 2.40. The number of benzene rings is 1. The van der Waals surface area contributed by atoms with Crippen molar-refractivity contribution >= 4 is 23.1 Å². The van der Waals surface area contributed by atoms with Gasteiger partial charge in [-0.3, -0.25) is 14.0 Å². The van der Waals surface area contributed by atoms with E-state index in [1.165, 1.54) is 0 Å². The standard InChI is InChI=1S/C28H29N5O4/c1-3-17-37-21-10-8-20(9-11-21)25-23(26(34)24-19(2)30-22-7-4-5-14-32(22)24)27(35)28(36)33(25)15-6-13-31-16-12-29-18-31/h4-5,7-12,14,16,18,25,34H,3,6,13,15,17H2,1-2H3. The van der Waals surface area contributed by atoms with Crippen molar-refractivity contribution in [1.82, 2.24) is 23.8 Å². The first-order valence-corrected chi connectivity index (χ1v) is 12.4. The molecule has 1 aliphatic heterocycles. The second kappa shape index (κ2) is 10.3. The fourth-order valence-electron chi connectivity index (χ4n) is 4.79. The molecule has 1 aromatic carbocycles. The Balaban J connectivity index is 1.57. The van der Waals surface area contributed by atoms with Crippen LogP contribution in [0, 0.1) is 6.92 Å². The van der Waals surface area contributed by atoms with E-state index in [0.29, 0.717) is 48.9 Å². The number of nitrogens with zero attached hydrogens (tertiary/aromatic N) is 5. The summed E-state index contributed by atoms with van der Waals surface area (Å²) in [5.41, 5.74) is 2.39. The second-order valence-corrected chi connectivity index (χ2v) is 9.04. The Morgan fingerprint density at radius 1 is 1.08 bits per heavy atom. The van der Waals surface area contributed by atoms with Gasteiger partial charge in [-0.1, -0.05) is 25.1 Å². The summed E-state index contributed by atoms with van der Waals surface area (Å²) in [6.07, 6.45) is 8.55. The molecule has 190 valence electrons. The zero-order valence-electron chi connectivity index (χ0n) is 20.9. The molecule has 0 bridgehead atoms. The summed E-state index contributed by atoms with van der Waals surface area (Å²) in [5.74, 6) is -0.861. The predicted molar refractivity (Wildman–Crippen MR) is 138 cm³/mol. The average molecular weight is 500 g/mol. The van der Waals surface area contributed by atoms with Crippen molar-refractivity contribution in [2.45, 2.75) is 39.3 Å². The molecule has 1 fully saturated rings. The Labute approximate surface area is 214 Å². The lowest BCUT2D eigenvalue weighted by molar-refractivity contribution is -0.139. The molecular formula is C28H29N5O4. The number of carbonyl (C=O) groups is 2. The number of hydrogen-bond donors (Lipinski definition) is 1. The smallest absolute Gasteiger partial charge is 0.295 e. The molecule has 0 spiro atoms. The van der Waals surface area contributed by atoms with Crippen LogP contribution in [-0.4, -0.2) is 53.8 Å². The highest BCUT2D eigenvalue weighted by molar-refractivity contribution is 6.46. The summed E-state index contributed by atoms with van der Waals surface area (Å²) < 4.78 is 9.37. The van der Waals surface area contributed by atoms with Crippen LogP contribution in [0.3, 0.4) is 0 Å². The van der Waals surface area contributed by atoms with E-state index >= 15 is 0 Å². The Hall–Kier alpha value is -4.40. The highest BCUT2D eigenvalue weighted by atomic mass is 16.5. The van der Waals surface area contributed by atoms with E-state index in [-0.39, 0.29) is 11.3 Å². The van der Waals surface area contributed by atoms with E-state index in [2.05, 4.69) is 9.97 Å². The Morgan fingerprint density at radius 2 is 1.89 bits per heavy atom. The molecule has 4 aromatic rings. The number of aryl methyl sites for hydroxylation is 2. The lowest BCUT2D eigenvalue weighted by Gasteiger charge is -2.25. The Bertz CT molecular complexity index is 1450. The van der Waals surface area contributed by atoms with Crippen molar-refractivity contribution in [3.8, 4) is 5.75 Å². The van der Waals surface area contributed by atoms with Gasteiger partial charge >= 0.3 is 0 Å². The Kier molecular flexibility index (Phi) is 6.76. The number of carbonyl (C=O) groups excluding carboxylic acids is 2. The van der Waals surface area contributed by atoms with Gasteiger partial charge in [0.1, 0.15) is 17.1 Å². The molecule has 1 saturated heterocycles. The second-order valence-electron chi connectivity index (χ2n) is 9.04. The molecule has 37 heavy (non-hydrogen) atoms. The molecule has 0 radical (unpaired) electrons. The lowest BCUT2D eigenvalue weighted by Crippen LogP contribution is -2.31. The first-order chi connectivity index (χ1) is 18.0. The number of ether oxygens (including phenoxy) is 1. The zero-order valence-corrected chi connectivity index (χ0v) is 20.9. The normalized spacial score (nSPS) is 17.1. The third kappa shape index (κ3) is 4.60. The third-order valence-electron chi connectivity index (χ3n) is 6.51. The van der Waals surface area contributed by atoms with Gasteiger partial charge in [0.05, 0.1) is 30.2 Å². The maximum absolute atomic E-state index is 13.4. The number of likely N-dealkylation sites (tertiary alicyclic amines) is 1. The molecule has 0 aliphatic carbocycles. The maximum atomic E-state index is 13.4. The third-order valence-corrected chi connectivity index (χ3v) is 6.51. The molecule has 1 unspecified atom stereocenters. The minimum atomic E-state index is -0.739. The van der Waals surface area contributed by atoms with Crippen LogP contribution in [0.5, 0.6) is 5.75 Å². The molecule has 1 aliphatic rings. The van der Waals surface area contributed by atoms with Crippen LogP contribution in [0.1, 0.15) is 42.8 Å². The van der Waals surface area contributed by atoms with Gasteiger partial charge in [0, 0.05) is 31.7 Å². The van der Waals surface area contributed by atoms with Gasteiger partial charge in [-0.25, -0.2) is 9.97 Å². The van der Waals surface area contributed by atoms with Crippen LogP contribution < -0.4 is 4.74 Å². The van der Waals surface area contributed by atoms with E-state index in [0.717, 1.165) is 12.0 Å². The fraction of sp³-hybridized carbons (Fsp3) is 0.286. The van der Waals surface area contributed by atoms with Gasteiger partial charge in [0.25, 0.3) is 11.7 Å². The van der Waals surface area contributed by atoms with Crippen molar-refractivity contribution in [1.29, 1.82) is 0 Å². The minimum Gasteiger partial charge on any atom is -0.505 e. The van der Waals surface area contributed by atoms with E-state index in [1.807, 2.05) is 60.2 Å². The van der Waals surface area contributed by atoms with Gasteiger partial charge in [-0.2, -0.15) is 0 Å². The summed E-state index contributed by atoms with van der Waals surface area (Å²) in [5, 5.41) is 11.6. The van der Waals surface area contributed by atoms with Crippen molar-refractivity contribution in [3.05, 3.63) is 89.9 Å².